The zero-order valence-electron chi connectivity index (χ0n) is 13.1. The number of hydrogen-bond acceptors (Lipinski definition) is 6. The molecule has 0 aliphatic heterocycles. The highest BCUT2D eigenvalue weighted by Gasteiger charge is 2.25. The maximum absolute atomic E-state index is 12.3. The Morgan fingerprint density at radius 1 is 1.17 bits per heavy atom. The number of nitrogens with zero attached hydrogens (tertiary/aromatic N) is 1. The molecule has 2 rings (SSSR count). The molecule has 0 saturated heterocycles. The molecule has 0 saturated carbocycles. The zero-order valence-corrected chi connectivity index (χ0v) is 13.1. The molecule has 0 N–H and O–H groups in total. The molecular formula is C17H15NO6. The summed E-state index contributed by atoms with van der Waals surface area (Å²) in [6.07, 6.45) is -0.00716. The van der Waals surface area contributed by atoms with Crippen LogP contribution in [-0.4, -0.2) is 23.8 Å². The SMILES string of the molecule is COc1cc([N+](=O)[O-])c(C(=O)Oc2ccccc2)cc1CC(C)=O. The Morgan fingerprint density at radius 3 is 2.38 bits per heavy atom. The third kappa shape index (κ3) is 3.95. The van der Waals surface area contributed by atoms with Gasteiger partial charge in [0.15, 0.2) is 0 Å². The van der Waals surface area contributed by atoms with Crippen molar-refractivity contribution in [3.05, 3.63) is 63.7 Å². The van der Waals surface area contributed by atoms with Crippen molar-refractivity contribution in [3.63, 3.8) is 0 Å². The molecule has 0 aliphatic rings. The fourth-order valence-electron chi connectivity index (χ4n) is 2.18. The summed E-state index contributed by atoms with van der Waals surface area (Å²) >= 11 is 0. The van der Waals surface area contributed by atoms with Gasteiger partial charge in [0.1, 0.15) is 22.8 Å². The van der Waals surface area contributed by atoms with Crippen LogP contribution in [0.1, 0.15) is 22.8 Å². The van der Waals surface area contributed by atoms with E-state index in [9.17, 15) is 19.7 Å². The molecule has 0 amide bonds. The Bertz CT molecular complexity index is 785. The predicted molar refractivity (Wildman–Crippen MR) is 85.4 cm³/mol. The van der Waals surface area contributed by atoms with Gasteiger partial charge in [-0.3, -0.25) is 14.9 Å². The Labute approximate surface area is 138 Å². The lowest BCUT2D eigenvalue weighted by Crippen LogP contribution is -2.13. The van der Waals surface area contributed by atoms with E-state index < -0.39 is 16.6 Å². The molecule has 24 heavy (non-hydrogen) atoms. The highest BCUT2D eigenvalue weighted by Crippen LogP contribution is 2.30. The summed E-state index contributed by atoms with van der Waals surface area (Å²) in [5, 5.41) is 11.3. The van der Waals surface area contributed by atoms with Gasteiger partial charge in [0.05, 0.1) is 18.1 Å². The molecule has 2 aromatic carbocycles. The maximum Gasteiger partial charge on any atom is 0.350 e. The van der Waals surface area contributed by atoms with E-state index in [1.807, 2.05) is 0 Å². The van der Waals surface area contributed by atoms with E-state index in [1.54, 1.807) is 30.3 Å². The van der Waals surface area contributed by atoms with Crippen LogP contribution in [-0.2, 0) is 11.2 Å². The molecule has 0 unspecified atom stereocenters. The zero-order chi connectivity index (χ0) is 17.7. The second-order valence-corrected chi connectivity index (χ2v) is 5.02. The molecule has 0 fully saturated rings. The van der Waals surface area contributed by atoms with Gasteiger partial charge < -0.3 is 9.47 Å². The van der Waals surface area contributed by atoms with E-state index in [2.05, 4.69) is 0 Å². The van der Waals surface area contributed by atoms with Gasteiger partial charge in [-0.25, -0.2) is 4.79 Å². The molecule has 7 nitrogen and oxygen atoms in total. The first-order chi connectivity index (χ1) is 11.4. The lowest BCUT2D eigenvalue weighted by atomic mass is 10.0. The number of ketones is 1. The topological polar surface area (TPSA) is 95.7 Å². The number of benzene rings is 2. The second kappa shape index (κ2) is 7.36. The third-order valence-corrected chi connectivity index (χ3v) is 3.21. The van der Waals surface area contributed by atoms with Gasteiger partial charge in [-0.1, -0.05) is 18.2 Å². The van der Waals surface area contributed by atoms with Gasteiger partial charge in [0, 0.05) is 12.0 Å². The second-order valence-electron chi connectivity index (χ2n) is 5.02. The van der Waals surface area contributed by atoms with Gasteiger partial charge >= 0.3 is 5.97 Å². The average molecular weight is 329 g/mol. The minimum atomic E-state index is -0.875. The van der Waals surface area contributed by atoms with E-state index >= 15 is 0 Å². The Kier molecular flexibility index (Phi) is 5.26. The van der Waals surface area contributed by atoms with Gasteiger partial charge in [-0.05, 0) is 25.1 Å². The van der Waals surface area contributed by atoms with Crippen molar-refractivity contribution in [1.29, 1.82) is 0 Å². The number of methoxy groups -OCH3 is 1. The smallest absolute Gasteiger partial charge is 0.350 e. The molecule has 0 atom stereocenters. The quantitative estimate of drug-likeness (QED) is 0.350. The highest BCUT2D eigenvalue weighted by molar-refractivity contribution is 5.96. The number of esters is 1. The molecule has 124 valence electrons. The van der Waals surface area contributed by atoms with Crippen LogP contribution in [0.15, 0.2) is 42.5 Å². The Hall–Kier alpha value is -3.22. The van der Waals surface area contributed by atoms with Gasteiger partial charge in [-0.15, -0.1) is 0 Å². The van der Waals surface area contributed by atoms with Crippen LogP contribution in [0.5, 0.6) is 11.5 Å². The van der Waals surface area contributed by atoms with Crippen LogP contribution in [0, 0.1) is 10.1 Å². The number of nitro groups is 1. The lowest BCUT2D eigenvalue weighted by Gasteiger charge is -2.10. The third-order valence-electron chi connectivity index (χ3n) is 3.21. The summed E-state index contributed by atoms with van der Waals surface area (Å²) in [7, 11) is 1.34. The molecule has 0 aliphatic carbocycles. The molecule has 0 radical (unpaired) electrons. The molecule has 0 heterocycles. The number of para-hydroxylation sites is 1. The number of rotatable bonds is 6. The Balaban J connectivity index is 2.47. The largest absolute Gasteiger partial charge is 0.496 e. The van der Waals surface area contributed by atoms with Crippen molar-refractivity contribution in [2.75, 3.05) is 7.11 Å². The Morgan fingerprint density at radius 2 is 1.83 bits per heavy atom. The summed E-state index contributed by atoms with van der Waals surface area (Å²) in [5.74, 6) is -0.598. The van der Waals surface area contributed by atoms with Crippen molar-refractivity contribution < 1.29 is 24.0 Å². The normalized spacial score (nSPS) is 10.1. The number of hydrogen-bond donors (Lipinski definition) is 0. The first kappa shape index (κ1) is 17.1. The van der Waals surface area contributed by atoms with Gasteiger partial charge in [-0.2, -0.15) is 0 Å². The molecule has 0 bridgehead atoms. The number of ether oxygens (including phenoxy) is 2. The first-order valence-electron chi connectivity index (χ1n) is 7.04. The van der Waals surface area contributed by atoms with Crippen LogP contribution in [0.3, 0.4) is 0 Å². The fourth-order valence-corrected chi connectivity index (χ4v) is 2.18. The van der Waals surface area contributed by atoms with E-state index in [4.69, 9.17) is 9.47 Å². The number of carbonyl (C=O) groups excluding carboxylic acids is 2. The molecular weight excluding hydrogens is 314 g/mol. The van der Waals surface area contributed by atoms with Crippen molar-refractivity contribution >= 4 is 17.4 Å². The maximum atomic E-state index is 12.3. The standard InChI is InChI=1S/C17H15NO6/c1-11(19)8-12-9-14(15(18(21)22)10-16(12)23-2)17(20)24-13-6-4-3-5-7-13/h3-7,9-10H,8H2,1-2H3. The molecule has 0 aromatic heterocycles. The van der Waals surface area contributed by atoms with Gasteiger partial charge in [0.2, 0.25) is 0 Å². The van der Waals surface area contributed by atoms with Crippen LogP contribution in [0.4, 0.5) is 5.69 Å². The van der Waals surface area contributed by atoms with Crippen molar-refractivity contribution in [2.45, 2.75) is 13.3 Å². The summed E-state index contributed by atoms with van der Waals surface area (Å²) in [4.78, 5) is 34.3. The summed E-state index contributed by atoms with van der Waals surface area (Å²) in [6, 6.07) is 10.6. The van der Waals surface area contributed by atoms with Crippen molar-refractivity contribution in [2.24, 2.45) is 0 Å². The predicted octanol–water partition coefficient (Wildman–Crippen LogP) is 2.95. The van der Waals surface area contributed by atoms with Crippen molar-refractivity contribution in [3.8, 4) is 11.5 Å². The number of carbonyl (C=O) groups is 2. The molecule has 7 heteroatoms. The summed E-state index contributed by atoms with van der Waals surface area (Å²) in [5.41, 5.74) is -0.295. The summed E-state index contributed by atoms with van der Waals surface area (Å²) < 4.78 is 10.2. The average Bonchev–Trinajstić information content (AvgIpc) is 2.54. The first-order valence-corrected chi connectivity index (χ1v) is 7.04. The van der Waals surface area contributed by atoms with Crippen LogP contribution in [0.2, 0.25) is 0 Å². The van der Waals surface area contributed by atoms with Crippen molar-refractivity contribution in [1.82, 2.24) is 0 Å². The summed E-state index contributed by atoms with van der Waals surface area (Å²) in [6.45, 7) is 1.38. The molecule has 2 aromatic rings. The van der Waals surface area contributed by atoms with E-state index in [0.717, 1.165) is 6.07 Å². The minimum Gasteiger partial charge on any atom is -0.496 e. The number of nitro benzene ring substituents is 1. The van der Waals surface area contributed by atoms with Crippen LogP contribution >= 0.6 is 0 Å². The van der Waals surface area contributed by atoms with Crippen LogP contribution in [0.25, 0.3) is 0 Å². The van der Waals surface area contributed by atoms with E-state index in [1.165, 1.54) is 20.1 Å². The van der Waals surface area contributed by atoms with E-state index in [-0.39, 0.29) is 29.3 Å². The highest BCUT2D eigenvalue weighted by atomic mass is 16.6. The minimum absolute atomic E-state index is 0.00716. The van der Waals surface area contributed by atoms with Gasteiger partial charge in [0.25, 0.3) is 5.69 Å². The fraction of sp³-hybridized carbons (Fsp3) is 0.176. The van der Waals surface area contributed by atoms with Crippen LogP contribution < -0.4 is 9.47 Å². The monoisotopic (exact) mass is 329 g/mol. The lowest BCUT2D eigenvalue weighted by molar-refractivity contribution is -0.385. The van der Waals surface area contributed by atoms with E-state index in [0.29, 0.717) is 5.56 Å². The number of Topliss-reactive ketones (excluding diaryl/α,β-unsaturated/α-hetero) is 1. The molecule has 0 spiro atoms.